The van der Waals surface area contributed by atoms with Crippen molar-refractivity contribution in [3.63, 3.8) is 0 Å². The number of amides is 2. The molecule has 20 heavy (non-hydrogen) atoms. The first-order chi connectivity index (χ1) is 9.74. The molecule has 0 bridgehead atoms. The van der Waals surface area contributed by atoms with E-state index in [-0.39, 0.29) is 12.1 Å². The monoisotopic (exact) mass is 285 g/mol. The zero-order valence-electron chi connectivity index (χ0n) is 12.7. The number of carbonyl (C=O) groups excluding carboxylic acids is 1. The largest absolute Gasteiger partial charge is 0.379 e. The van der Waals surface area contributed by atoms with E-state index in [0.29, 0.717) is 19.7 Å². The van der Waals surface area contributed by atoms with Gasteiger partial charge in [0.1, 0.15) is 0 Å². The number of hydrogen-bond acceptors (Lipinski definition) is 4. The Hall–Kier alpha value is -0.850. The highest BCUT2D eigenvalue weighted by Crippen LogP contribution is 2.11. The third-order valence-electron chi connectivity index (χ3n) is 4.01. The highest BCUT2D eigenvalue weighted by atomic mass is 16.5. The van der Waals surface area contributed by atoms with Crippen LogP contribution in [0.25, 0.3) is 0 Å². The minimum absolute atomic E-state index is 0.126. The Kier molecular flexibility index (Phi) is 6.06. The van der Waals surface area contributed by atoms with Gasteiger partial charge in [0.05, 0.1) is 25.9 Å². The summed E-state index contributed by atoms with van der Waals surface area (Å²) in [5.41, 5.74) is 0. The van der Waals surface area contributed by atoms with Crippen molar-refractivity contribution in [3.05, 3.63) is 0 Å². The summed E-state index contributed by atoms with van der Waals surface area (Å²) in [4.78, 5) is 18.5. The minimum atomic E-state index is 0.126. The Morgan fingerprint density at radius 2 is 1.85 bits per heavy atom. The van der Waals surface area contributed by atoms with Crippen LogP contribution in [-0.4, -0.2) is 92.5 Å². The van der Waals surface area contributed by atoms with Gasteiger partial charge in [0.25, 0.3) is 0 Å². The molecule has 2 aliphatic rings. The van der Waals surface area contributed by atoms with Gasteiger partial charge in [-0.1, -0.05) is 0 Å². The molecule has 0 N–H and O–H groups in total. The molecule has 1 atom stereocenters. The van der Waals surface area contributed by atoms with Crippen molar-refractivity contribution in [1.82, 2.24) is 14.7 Å². The van der Waals surface area contributed by atoms with Gasteiger partial charge in [-0.2, -0.15) is 0 Å². The molecular weight excluding hydrogens is 258 g/mol. The van der Waals surface area contributed by atoms with Crippen molar-refractivity contribution in [2.75, 3.05) is 65.6 Å². The molecule has 1 unspecified atom stereocenters. The van der Waals surface area contributed by atoms with Crippen molar-refractivity contribution < 1.29 is 14.3 Å². The van der Waals surface area contributed by atoms with Gasteiger partial charge in [-0.25, -0.2) is 4.79 Å². The Bertz CT molecular complexity index is 304. The molecule has 2 amide bonds. The zero-order valence-corrected chi connectivity index (χ0v) is 12.7. The van der Waals surface area contributed by atoms with Crippen LogP contribution in [0, 0.1) is 0 Å². The second kappa shape index (κ2) is 7.81. The maximum atomic E-state index is 12.4. The lowest BCUT2D eigenvalue weighted by Gasteiger charge is -2.38. The van der Waals surface area contributed by atoms with Crippen LogP contribution >= 0.6 is 0 Å². The first kappa shape index (κ1) is 15.5. The van der Waals surface area contributed by atoms with Crippen molar-refractivity contribution >= 4 is 6.03 Å². The smallest absolute Gasteiger partial charge is 0.320 e. The summed E-state index contributed by atoms with van der Waals surface area (Å²) in [5.74, 6) is 0. The molecule has 0 saturated carbocycles. The van der Waals surface area contributed by atoms with Gasteiger partial charge >= 0.3 is 6.03 Å². The highest BCUT2D eigenvalue weighted by molar-refractivity contribution is 5.74. The van der Waals surface area contributed by atoms with Gasteiger partial charge in [-0.3, -0.25) is 4.90 Å². The molecule has 0 aromatic carbocycles. The summed E-state index contributed by atoms with van der Waals surface area (Å²) in [5, 5.41) is 0. The van der Waals surface area contributed by atoms with Crippen LogP contribution < -0.4 is 0 Å². The van der Waals surface area contributed by atoms with Crippen LogP contribution in [0.1, 0.15) is 13.8 Å². The normalized spacial score (nSPS) is 24.7. The molecule has 2 saturated heterocycles. The lowest BCUT2D eigenvalue weighted by Crippen LogP contribution is -2.54. The topological polar surface area (TPSA) is 45.2 Å². The Balaban J connectivity index is 1.82. The third kappa shape index (κ3) is 4.07. The number of ether oxygens (including phenoxy) is 2. The molecule has 0 aromatic rings. The zero-order chi connectivity index (χ0) is 14.4. The van der Waals surface area contributed by atoms with E-state index in [1.54, 1.807) is 0 Å². The van der Waals surface area contributed by atoms with Gasteiger partial charge in [0, 0.05) is 45.8 Å². The summed E-state index contributed by atoms with van der Waals surface area (Å²) in [6.45, 7) is 12.0. The SMILES string of the molecule is CCN(CC)C(=O)N1CCOC(CN2CCOCC2)C1. The van der Waals surface area contributed by atoms with Crippen molar-refractivity contribution in [2.45, 2.75) is 20.0 Å². The van der Waals surface area contributed by atoms with Crippen molar-refractivity contribution in [3.8, 4) is 0 Å². The first-order valence-electron chi connectivity index (χ1n) is 7.70. The second-order valence-corrected chi connectivity index (χ2v) is 5.31. The van der Waals surface area contributed by atoms with Crippen molar-refractivity contribution in [1.29, 1.82) is 0 Å². The van der Waals surface area contributed by atoms with E-state index in [4.69, 9.17) is 9.47 Å². The predicted molar refractivity (Wildman–Crippen MR) is 76.9 cm³/mol. The van der Waals surface area contributed by atoms with Gasteiger partial charge in [-0.05, 0) is 13.8 Å². The van der Waals surface area contributed by atoms with E-state index in [1.165, 1.54) is 0 Å². The fourth-order valence-electron chi connectivity index (χ4n) is 2.77. The molecule has 2 aliphatic heterocycles. The predicted octanol–water partition coefficient (Wildman–Crippen LogP) is 0.481. The summed E-state index contributed by atoms with van der Waals surface area (Å²) in [6, 6.07) is 0.144. The first-order valence-corrected chi connectivity index (χ1v) is 7.70. The average molecular weight is 285 g/mol. The number of carbonyl (C=O) groups is 1. The molecule has 116 valence electrons. The summed E-state index contributed by atoms with van der Waals surface area (Å²) >= 11 is 0. The highest BCUT2D eigenvalue weighted by Gasteiger charge is 2.28. The maximum Gasteiger partial charge on any atom is 0.320 e. The van der Waals surface area contributed by atoms with Gasteiger partial charge in [-0.15, -0.1) is 0 Å². The van der Waals surface area contributed by atoms with Crippen LogP contribution in [-0.2, 0) is 9.47 Å². The number of urea groups is 1. The van der Waals surface area contributed by atoms with Gasteiger partial charge < -0.3 is 19.3 Å². The Morgan fingerprint density at radius 1 is 1.15 bits per heavy atom. The number of hydrogen-bond donors (Lipinski definition) is 0. The van der Waals surface area contributed by atoms with Crippen molar-refractivity contribution in [2.24, 2.45) is 0 Å². The van der Waals surface area contributed by atoms with E-state index >= 15 is 0 Å². The molecule has 0 aromatic heterocycles. The fourth-order valence-corrected chi connectivity index (χ4v) is 2.77. The minimum Gasteiger partial charge on any atom is -0.379 e. The molecular formula is C14H27N3O3. The van der Waals surface area contributed by atoms with Crippen LogP contribution in [0.15, 0.2) is 0 Å². The lowest BCUT2D eigenvalue weighted by molar-refractivity contribution is -0.0496. The molecule has 6 heteroatoms. The molecule has 0 aliphatic carbocycles. The van der Waals surface area contributed by atoms with Gasteiger partial charge in [0.2, 0.25) is 0 Å². The van der Waals surface area contributed by atoms with E-state index in [0.717, 1.165) is 45.9 Å². The number of morpholine rings is 2. The van der Waals surface area contributed by atoms with Crippen LogP contribution in [0.2, 0.25) is 0 Å². The van der Waals surface area contributed by atoms with E-state index in [9.17, 15) is 4.79 Å². The average Bonchev–Trinajstić information content (AvgIpc) is 2.49. The van der Waals surface area contributed by atoms with Gasteiger partial charge in [0.15, 0.2) is 0 Å². The quantitative estimate of drug-likeness (QED) is 0.754. The molecule has 2 rings (SSSR count). The third-order valence-corrected chi connectivity index (χ3v) is 4.01. The summed E-state index contributed by atoms with van der Waals surface area (Å²) in [7, 11) is 0. The standard InChI is InChI=1S/C14H27N3O3/c1-3-16(4-2)14(18)17-7-10-20-13(12-17)11-15-5-8-19-9-6-15/h13H,3-12H2,1-2H3. The second-order valence-electron chi connectivity index (χ2n) is 5.31. The van der Waals surface area contributed by atoms with E-state index in [2.05, 4.69) is 4.90 Å². The lowest BCUT2D eigenvalue weighted by atomic mass is 10.2. The van der Waals surface area contributed by atoms with Crippen LogP contribution in [0.5, 0.6) is 0 Å². The summed E-state index contributed by atoms with van der Waals surface area (Å²) in [6.07, 6.45) is 0.126. The van der Waals surface area contributed by atoms with Crippen LogP contribution in [0.4, 0.5) is 4.79 Å². The molecule has 2 heterocycles. The molecule has 6 nitrogen and oxygen atoms in total. The maximum absolute atomic E-state index is 12.4. The summed E-state index contributed by atoms with van der Waals surface area (Å²) < 4.78 is 11.2. The van der Waals surface area contributed by atoms with E-state index in [1.807, 2.05) is 23.6 Å². The molecule has 0 radical (unpaired) electrons. The number of rotatable bonds is 4. The molecule has 0 spiro atoms. The number of nitrogens with zero attached hydrogens (tertiary/aromatic N) is 3. The van der Waals surface area contributed by atoms with E-state index < -0.39 is 0 Å². The Morgan fingerprint density at radius 3 is 2.50 bits per heavy atom. The fraction of sp³-hybridized carbons (Fsp3) is 0.929. The van der Waals surface area contributed by atoms with Crippen LogP contribution in [0.3, 0.4) is 0 Å². The molecule has 2 fully saturated rings. The Labute approximate surface area is 121 Å².